The molecule has 1 heterocycles. The Kier molecular flexibility index (Phi) is 5.90. The summed E-state index contributed by atoms with van der Waals surface area (Å²) in [5.41, 5.74) is 0.403. The average Bonchev–Trinajstić information content (AvgIpc) is 2.78. The van der Waals surface area contributed by atoms with Crippen LogP contribution in [0.25, 0.3) is 0 Å². The van der Waals surface area contributed by atoms with E-state index in [-0.39, 0.29) is 5.97 Å². The van der Waals surface area contributed by atoms with Gasteiger partial charge in [0.25, 0.3) is 0 Å². The number of hydrogen-bond acceptors (Lipinski definition) is 5. The maximum Gasteiger partial charge on any atom is 0.356 e. The number of aryl methyl sites for hydroxylation is 1. The van der Waals surface area contributed by atoms with Crippen LogP contribution in [-0.2, 0) is 20.8 Å². The monoisotopic (exact) mass is 254 g/mol. The first kappa shape index (κ1) is 14.2. The molecule has 0 N–H and O–H groups in total. The number of aromatic nitrogens is 2. The molecule has 6 nitrogen and oxygen atoms in total. The molecule has 100 valence electrons. The number of hydrogen-bond donors (Lipinski definition) is 0. The van der Waals surface area contributed by atoms with Crippen LogP contribution in [-0.4, -0.2) is 34.9 Å². The number of ether oxygens (including phenoxy) is 2. The lowest BCUT2D eigenvalue weighted by molar-refractivity contribution is -0.143. The van der Waals surface area contributed by atoms with Gasteiger partial charge in [-0.25, -0.2) is 4.79 Å². The van der Waals surface area contributed by atoms with Gasteiger partial charge >= 0.3 is 11.9 Å². The highest BCUT2D eigenvalue weighted by atomic mass is 16.5. The van der Waals surface area contributed by atoms with Crippen molar-refractivity contribution in [2.24, 2.45) is 0 Å². The lowest BCUT2D eigenvalue weighted by Gasteiger charge is -2.06. The third-order valence-electron chi connectivity index (χ3n) is 2.26. The summed E-state index contributed by atoms with van der Waals surface area (Å²) < 4.78 is 11.3. The largest absolute Gasteiger partial charge is 0.466 e. The fraction of sp³-hybridized carbons (Fsp3) is 0.583. The maximum atomic E-state index is 11.6. The average molecular weight is 254 g/mol. The molecule has 0 aromatic carbocycles. The Balaban J connectivity index is 2.45. The van der Waals surface area contributed by atoms with Crippen molar-refractivity contribution in [3.8, 4) is 0 Å². The van der Waals surface area contributed by atoms with E-state index >= 15 is 0 Å². The predicted octanol–water partition coefficient (Wildman–Crippen LogP) is 1.40. The van der Waals surface area contributed by atoms with Gasteiger partial charge in [0.15, 0.2) is 0 Å². The predicted molar refractivity (Wildman–Crippen MR) is 64.1 cm³/mol. The summed E-state index contributed by atoms with van der Waals surface area (Å²) >= 11 is 0. The van der Waals surface area contributed by atoms with Crippen LogP contribution in [0.3, 0.4) is 0 Å². The molecule has 18 heavy (non-hydrogen) atoms. The summed E-state index contributed by atoms with van der Waals surface area (Å²) in [7, 11) is 0. The fourth-order valence-electron chi connectivity index (χ4n) is 1.50. The molecule has 0 bridgehead atoms. The molecular formula is C12H18N2O4. The van der Waals surface area contributed by atoms with Gasteiger partial charge in [-0.3, -0.25) is 9.48 Å². The Morgan fingerprint density at radius 1 is 1.28 bits per heavy atom. The van der Waals surface area contributed by atoms with Crippen LogP contribution in [0.4, 0.5) is 0 Å². The minimum absolute atomic E-state index is 0.234. The lowest BCUT2D eigenvalue weighted by atomic mass is 10.3. The molecule has 1 aromatic heterocycles. The van der Waals surface area contributed by atoms with E-state index < -0.39 is 5.97 Å². The summed E-state index contributed by atoms with van der Waals surface area (Å²) in [5, 5.41) is 4.03. The van der Waals surface area contributed by atoms with Crippen molar-refractivity contribution in [2.45, 2.75) is 33.2 Å². The standard InChI is InChI=1S/C12H18N2O4/c1-3-17-11(15)6-5-9-14-10(7-8-13-14)12(16)18-4-2/h7-8H,3-6,9H2,1-2H3. The topological polar surface area (TPSA) is 70.4 Å². The molecule has 0 atom stereocenters. The first-order valence-electron chi connectivity index (χ1n) is 6.03. The van der Waals surface area contributed by atoms with E-state index in [0.29, 0.717) is 38.3 Å². The van der Waals surface area contributed by atoms with E-state index in [1.54, 1.807) is 19.9 Å². The number of esters is 2. The zero-order chi connectivity index (χ0) is 13.4. The molecule has 0 spiro atoms. The van der Waals surface area contributed by atoms with Crippen molar-refractivity contribution in [2.75, 3.05) is 13.2 Å². The Morgan fingerprint density at radius 3 is 2.67 bits per heavy atom. The minimum atomic E-state index is -0.397. The van der Waals surface area contributed by atoms with Crippen LogP contribution in [0.15, 0.2) is 12.3 Å². The van der Waals surface area contributed by atoms with Crippen LogP contribution < -0.4 is 0 Å². The van der Waals surface area contributed by atoms with E-state index in [1.165, 1.54) is 10.9 Å². The van der Waals surface area contributed by atoms with E-state index in [2.05, 4.69) is 5.10 Å². The van der Waals surface area contributed by atoms with Crippen molar-refractivity contribution in [1.82, 2.24) is 9.78 Å². The highest BCUT2D eigenvalue weighted by molar-refractivity contribution is 5.87. The SMILES string of the molecule is CCOC(=O)CCCn1nccc1C(=O)OCC. The van der Waals surface area contributed by atoms with Crippen LogP contribution >= 0.6 is 0 Å². The van der Waals surface area contributed by atoms with Gasteiger partial charge in [-0.1, -0.05) is 0 Å². The second kappa shape index (κ2) is 7.47. The van der Waals surface area contributed by atoms with Gasteiger partial charge < -0.3 is 9.47 Å². The zero-order valence-electron chi connectivity index (χ0n) is 10.7. The fourth-order valence-corrected chi connectivity index (χ4v) is 1.50. The van der Waals surface area contributed by atoms with Crippen LogP contribution in [0.5, 0.6) is 0 Å². The molecule has 0 aliphatic rings. The lowest BCUT2D eigenvalue weighted by Crippen LogP contribution is -2.14. The second-order valence-corrected chi connectivity index (χ2v) is 3.57. The van der Waals surface area contributed by atoms with Gasteiger partial charge in [0.1, 0.15) is 5.69 Å². The third-order valence-corrected chi connectivity index (χ3v) is 2.26. The normalized spacial score (nSPS) is 10.1. The summed E-state index contributed by atoms with van der Waals surface area (Å²) in [5.74, 6) is -0.631. The first-order chi connectivity index (χ1) is 8.69. The highest BCUT2D eigenvalue weighted by Gasteiger charge is 2.13. The smallest absolute Gasteiger partial charge is 0.356 e. The molecule has 0 unspecified atom stereocenters. The molecule has 0 fully saturated rings. The quantitative estimate of drug-likeness (QED) is 0.688. The van der Waals surface area contributed by atoms with Gasteiger partial charge in [-0.05, 0) is 26.3 Å². The molecule has 0 aliphatic carbocycles. The van der Waals surface area contributed by atoms with Gasteiger partial charge in [-0.15, -0.1) is 0 Å². The van der Waals surface area contributed by atoms with Gasteiger partial charge in [0, 0.05) is 19.2 Å². The molecule has 6 heteroatoms. The van der Waals surface area contributed by atoms with Crippen molar-refractivity contribution < 1.29 is 19.1 Å². The van der Waals surface area contributed by atoms with Gasteiger partial charge in [-0.2, -0.15) is 5.10 Å². The molecule has 0 amide bonds. The second-order valence-electron chi connectivity index (χ2n) is 3.57. The molecule has 0 aliphatic heterocycles. The Morgan fingerprint density at radius 2 is 2.00 bits per heavy atom. The van der Waals surface area contributed by atoms with Crippen LogP contribution in [0, 0.1) is 0 Å². The van der Waals surface area contributed by atoms with Crippen molar-refractivity contribution in [1.29, 1.82) is 0 Å². The molecule has 1 rings (SSSR count). The van der Waals surface area contributed by atoms with Crippen molar-refractivity contribution >= 4 is 11.9 Å². The molecular weight excluding hydrogens is 236 g/mol. The van der Waals surface area contributed by atoms with E-state index in [4.69, 9.17) is 9.47 Å². The van der Waals surface area contributed by atoms with Crippen molar-refractivity contribution in [3.63, 3.8) is 0 Å². The molecule has 0 radical (unpaired) electrons. The molecule has 0 saturated carbocycles. The van der Waals surface area contributed by atoms with E-state index in [9.17, 15) is 9.59 Å². The van der Waals surface area contributed by atoms with Crippen molar-refractivity contribution in [3.05, 3.63) is 18.0 Å². The Bertz CT molecular complexity index is 401. The first-order valence-corrected chi connectivity index (χ1v) is 6.03. The molecule has 0 saturated heterocycles. The van der Waals surface area contributed by atoms with Gasteiger partial charge in [0.05, 0.1) is 13.2 Å². The van der Waals surface area contributed by atoms with E-state index in [0.717, 1.165) is 0 Å². The van der Waals surface area contributed by atoms with Gasteiger partial charge in [0.2, 0.25) is 0 Å². The Labute approximate surface area is 106 Å². The number of nitrogens with zero attached hydrogens (tertiary/aromatic N) is 2. The highest BCUT2D eigenvalue weighted by Crippen LogP contribution is 2.04. The van der Waals surface area contributed by atoms with E-state index in [1.807, 2.05) is 0 Å². The zero-order valence-corrected chi connectivity index (χ0v) is 10.7. The number of rotatable bonds is 7. The Hall–Kier alpha value is -1.85. The summed E-state index contributed by atoms with van der Waals surface area (Å²) in [6.07, 6.45) is 2.43. The summed E-state index contributed by atoms with van der Waals surface area (Å²) in [6.45, 7) is 4.71. The van der Waals surface area contributed by atoms with Crippen LogP contribution in [0.1, 0.15) is 37.2 Å². The summed E-state index contributed by atoms with van der Waals surface area (Å²) in [6, 6.07) is 1.60. The number of carbonyl (C=O) groups excluding carboxylic acids is 2. The molecule has 1 aromatic rings. The van der Waals surface area contributed by atoms with Crippen LogP contribution in [0.2, 0.25) is 0 Å². The number of carbonyl (C=O) groups is 2. The maximum absolute atomic E-state index is 11.6. The summed E-state index contributed by atoms with van der Waals surface area (Å²) in [4.78, 5) is 22.7. The minimum Gasteiger partial charge on any atom is -0.466 e. The third kappa shape index (κ3) is 4.20.